The number of amides is 2. The van der Waals surface area contributed by atoms with Crippen LogP contribution in [0.5, 0.6) is 0 Å². The van der Waals surface area contributed by atoms with Crippen LogP contribution in [0.25, 0.3) is 11.0 Å². The highest BCUT2D eigenvalue weighted by atomic mass is 32.1. The van der Waals surface area contributed by atoms with Gasteiger partial charge in [-0.25, -0.2) is 4.98 Å². The molecule has 0 saturated carbocycles. The average molecular weight is 484 g/mol. The van der Waals surface area contributed by atoms with E-state index in [0.29, 0.717) is 42.2 Å². The summed E-state index contributed by atoms with van der Waals surface area (Å²) in [5.41, 5.74) is 8.69. The summed E-state index contributed by atoms with van der Waals surface area (Å²) in [5, 5.41) is 5.60. The van der Waals surface area contributed by atoms with Crippen LogP contribution < -0.4 is 16.4 Å². The Kier molecular flexibility index (Phi) is 9.06. The van der Waals surface area contributed by atoms with Crippen molar-refractivity contribution in [3.05, 3.63) is 65.5 Å². The van der Waals surface area contributed by atoms with Crippen LogP contribution in [0.1, 0.15) is 34.2 Å². The lowest BCUT2D eigenvalue weighted by atomic mass is 10.0. The van der Waals surface area contributed by atoms with Crippen molar-refractivity contribution in [2.45, 2.75) is 25.4 Å². The van der Waals surface area contributed by atoms with E-state index in [-0.39, 0.29) is 18.9 Å². The first-order chi connectivity index (χ1) is 16.5. The van der Waals surface area contributed by atoms with Gasteiger partial charge in [0.05, 0.1) is 24.2 Å². The first-order valence-corrected chi connectivity index (χ1v) is 11.6. The Morgan fingerprint density at radius 2 is 1.94 bits per heavy atom. The highest BCUT2D eigenvalue weighted by molar-refractivity contribution is 7.80. The van der Waals surface area contributed by atoms with Crippen molar-refractivity contribution in [2.24, 2.45) is 5.73 Å². The van der Waals surface area contributed by atoms with E-state index >= 15 is 0 Å². The average Bonchev–Trinajstić information content (AvgIpc) is 3.20. The lowest BCUT2D eigenvalue weighted by molar-refractivity contribution is -0.139. The number of carbonyl (C=O) groups is 3. The van der Waals surface area contributed by atoms with Crippen LogP contribution in [0, 0.1) is 0 Å². The monoisotopic (exact) mass is 483 g/mol. The van der Waals surface area contributed by atoms with E-state index in [1.54, 1.807) is 18.2 Å². The molecule has 0 aliphatic rings. The maximum Gasteiger partial charge on any atom is 0.325 e. The number of imidazole rings is 1. The third-order valence-corrected chi connectivity index (χ3v) is 5.51. The summed E-state index contributed by atoms with van der Waals surface area (Å²) in [6.07, 6.45) is 0.829. The molecular weight excluding hydrogens is 454 g/mol. The number of benzene rings is 2. The highest BCUT2D eigenvalue weighted by Gasteiger charge is 2.23. The standard InChI is InChI=1S/C24H29N5O4S/c1-33-22(31)15-26-24(32)17-7-8-20-18(14-17)28-23(29(20)11-10-25)19(27-21(30)9-12-34)13-16-5-3-2-4-6-16/h2-8,14,19,34H,9-13,15,25H2,1H3,(H,26,32)(H,27,30). The zero-order valence-corrected chi connectivity index (χ0v) is 19.9. The van der Waals surface area contributed by atoms with Crippen LogP contribution in [0.3, 0.4) is 0 Å². The molecule has 2 aromatic carbocycles. The summed E-state index contributed by atoms with van der Waals surface area (Å²) in [6, 6.07) is 14.6. The maximum absolute atomic E-state index is 12.5. The Balaban J connectivity index is 1.98. The molecule has 1 atom stereocenters. The van der Waals surface area contributed by atoms with Crippen molar-refractivity contribution in [1.29, 1.82) is 0 Å². The number of ether oxygens (including phenoxy) is 1. The molecule has 180 valence electrons. The third-order valence-electron chi connectivity index (χ3n) is 5.28. The van der Waals surface area contributed by atoms with E-state index in [9.17, 15) is 14.4 Å². The molecule has 34 heavy (non-hydrogen) atoms. The van der Waals surface area contributed by atoms with Gasteiger partial charge in [-0.2, -0.15) is 12.6 Å². The Hall–Kier alpha value is -3.37. The lowest BCUT2D eigenvalue weighted by Gasteiger charge is -2.20. The number of aromatic nitrogens is 2. The molecule has 0 saturated heterocycles. The van der Waals surface area contributed by atoms with Gasteiger partial charge in [0.1, 0.15) is 12.4 Å². The molecule has 3 aromatic rings. The first-order valence-electron chi connectivity index (χ1n) is 11.0. The molecular formula is C24H29N5O4S. The van der Waals surface area contributed by atoms with E-state index in [0.717, 1.165) is 11.1 Å². The topological polar surface area (TPSA) is 128 Å². The fraction of sp³-hybridized carbons (Fsp3) is 0.333. The van der Waals surface area contributed by atoms with E-state index in [1.807, 2.05) is 34.9 Å². The van der Waals surface area contributed by atoms with Crippen molar-refractivity contribution in [2.75, 3.05) is 26.0 Å². The Labute approximate surface area is 203 Å². The molecule has 1 heterocycles. The number of fused-ring (bicyclic) bond motifs is 1. The van der Waals surface area contributed by atoms with Gasteiger partial charge >= 0.3 is 5.97 Å². The van der Waals surface area contributed by atoms with E-state index < -0.39 is 17.9 Å². The van der Waals surface area contributed by atoms with Gasteiger partial charge in [-0.3, -0.25) is 14.4 Å². The van der Waals surface area contributed by atoms with Crippen molar-refractivity contribution in [1.82, 2.24) is 20.2 Å². The lowest BCUT2D eigenvalue weighted by Crippen LogP contribution is -2.32. The van der Waals surface area contributed by atoms with Crippen molar-refractivity contribution < 1.29 is 19.1 Å². The zero-order valence-electron chi connectivity index (χ0n) is 19.0. The number of nitrogens with two attached hydrogens (primary N) is 1. The molecule has 1 unspecified atom stereocenters. The fourth-order valence-electron chi connectivity index (χ4n) is 3.67. The zero-order chi connectivity index (χ0) is 24.5. The molecule has 0 fully saturated rings. The normalized spacial score (nSPS) is 11.7. The number of rotatable bonds is 11. The summed E-state index contributed by atoms with van der Waals surface area (Å²) in [4.78, 5) is 41.1. The number of thiol groups is 1. The van der Waals surface area contributed by atoms with Gasteiger partial charge in [0.25, 0.3) is 5.91 Å². The second-order valence-corrected chi connectivity index (χ2v) is 8.10. The van der Waals surface area contributed by atoms with Crippen molar-refractivity contribution in [3.63, 3.8) is 0 Å². The molecule has 0 aliphatic heterocycles. The minimum absolute atomic E-state index is 0.120. The number of hydrogen-bond acceptors (Lipinski definition) is 7. The maximum atomic E-state index is 12.5. The second kappa shape index (κ2) is 12.2. The van der Waals surface area contributed by atoms with E-state index in [2.05, 4.69) is 28.0 Å². The van der Waals surface area contributed by atoms with E-state index in [4.69, 9.17) is 10.7 Å². The molecule has 0 aliphatic carbocycles. The van der Waals surface area contributed by atoms with Crippen LogP contribution in [-0.2, 0) is 27.3 Å². The van der Waals surface area contributed by atoms with Crippen LogP contribution >= 0.6 is 12.6 Å². The Morgan fingerprint density at radius 3 is 2.62 bits per heavy atom. The second-order valence-electron chi connectivity index (χ2n) is 7.66. The summed E-state index contributed by atoms with van der Waals surface area (Å²) in [7, 11) is 1.26. The predicted octanol–water partition coefficient (Wildman–Crippen LogP) is 1.62. The SMILES string of the molecule is COC(=O)CNC(=O)c1ccc2c(c1)nc(C(Cc1ccccc1)NC(=O)CCS)n2CCN. The number of esters is 1. The minimum atomic E-state index is -0.537. The van der Waals surface area contributed by atoms with Gasteiger partial charge in [-0.15, -0.1) is 0 Å². The molecule has 9 nitrogen and oxygen atoms in total. The Morgan fingerprint density at radius 1 is 1.18 bits per heavy atom. The van der Waals surface area contributed by atoms with Crippen molar-refractivity contribution >= 4 is 41.4 Å². The minimum Gasteiger partial charge on any atom is -0.468 e. The third kappa shape index (κ3) is 6.36. The van der Waals surface area contributed by atoms with Crippen LogP contribution in [-0.4, -0.2) is 53.3 Å². The van der Waals surface area contributed by atoms with Crippen LogP contribution in [0.4, 0.5) is 0 Å². The molecule has 0 spiro atoms. The molecule has 0 radical (unpaired) electrons. The van der Waals surface area contributed by atoms with Gasteiger partial charge < -0.3 is 25.7 Å². The van der Waals surface area contributed by atoms with Gasteiger partial charge in [-0.1, -0.05) is 30.3 Å². The number of methoxy groups -OCH3 is 1. The largest absolute Gasteiger partial charge is 0.468 e. The quantitative estimate of drug-likeness (QED) is 0.242. The van der Waals surface area contributed by atoms with Crippen LogP contribution in [0.15, 0.2) is 48.5 Å². The van der Waals surface area contributed by atoms with Gasteiger partial charge in [-0.05, 0) is 35.9 Å². The summed E-state index contributed by atoms with van der Waals surface area (Å²) in [5.74, 6) is 0.0246. The molecule has 10 heteroatoms. The fourth-order valence-corrected chi connectivity index (χ4v) is 3.87. The highest BCUT2D eigenvalue weighted by Crippen LogP contribution is 2.25. The van der Waals surface area contributed by atoms with Gasteiger partial charge in [0, 0.05) is 25.1 Å². The molecule has 1 aromatic heterocycles. The molecule has 4 N–H and O–H groups in total. The Bertz CT molecular complexity index is 1150. The van der Waals surface area contributed by atoms with Gasteiger partial charge in [0.15, 0.2) is 0 Å². The summed E-state index contributed by atoms with van der Waals surface area (Å²) in [6.45, 7) is 0.645. The summed E-state index contributed by atoms with van der Waals surface area (Å²) < 4.78 is 6.53. The molecule has 0 bridgehead atoms. The molecule has 2 amide bonds. The number of hydrogen-bond donors (Lipinski definition) is 4. The number of carbonyl (C=O) groups excluding carboxylic acids is 3. The molecule has 3 rings (SSSR count). The van der Waals surface area contributed by atoms with Crippen LogP contribution in [0.2, 0.25) is 0 Å². The first kappa shape index (κ1) is 25.3. The summed E-state index contributed by atoms with van der Waals surface area (Å²) >= 11 is 4.16. The van der Waals surface area contributed by atoms with E-state index in [1.165, 1.54) is 7.11 Å². The van der Waals surface area contributed by atoms with Gasteiger partial charge in [0.2, 0.25) is 5.91 Å². The number of nitrogens with zero attached hydrogens (tertiary/aromatic N) is 2. The smallest absolute Gasteiger partial charge is 0.325 e. The predicted molar refractivity (Wildman–Crippen MR) is 133 cm³/mol. The number of nitrogens with one attached hydrogen (secondary N) is 2. The van der Waals surface area contributed by atoms with Crippen molar-refractivity contribution in [3.8, 4) is 0 Å².